The molecule has 0 aliphatic rings. The predicted molar refractivity (Wildman–Crippen MR) is 62.0 cm³/mol. The van der Waals surface area contributed by atoms with E-state index in [2.05, 4.69) is 10.6 Å². The molecular weight excluding hydrogens is 211 g/mol. The maximum absolute atomic E-state index is 12.1. The van der Waals surface area contributed by atoms with Crippen LogP contribution in [0.1, 0.15) is 34.1 Å². The number of hydrogen-bond acceptors (Lipinski definition) is 3. The molecule has 0 saturated heterocycles. The van der Waals surface area contributed by atoms with Crippen LogP contribution in [0.2, 0.25) is 0 Å². The molecule has 16 heavy (non-hydrogen) atoms. The summed E-state index contributed by atoms with van der Waals surface area (Å²) in [4.78, 5) is 10.4. The molecule has 0 aromatic heterocycles. The van der Waals surface area contributed by atoms with Gasteiger partial charge in [0.1, 0.15) is 6.67 Å². The topological polar surface area (TPSA) is 61.4 Å². The Kier molecular flexibility index (Phi) is 5.89. The summed E-state index contributed by atoms with van der Waals surface area (Å²) >= 11 is 0. The van der Waals surface area contributed by atoms with Gasteiger partial charge in [0.05, 0.1) is 6.10 Å². The largest absolute Gasteiger partial charge is 0.389 e. The van der Waals surface area contributed by atoms with Crippen molar-refractivity contribution in [1.82, 2.24) is 10.6 Å². The zero-order valence-corrected chi connectivity index (χ0v) is 10.5. The molecule has 0 aromatic carbocycles. The van der Waals surface area contributed by atoms with Crippen LogP contribution in [0, 0.1) is 0 Å². The van der Waals surface area contributed by atoms with E-state index >= 15 is 0 Å². The third-order valence-electron chi connectivity index (χ3n) is 2.33. The summed E-state index contributed by atoms with van der Waals surface area (Å²) in [6.07, 6.45) is 0.381. The van der Waals surface area contributed by atoms with Crippen molar-refractivity contribution in [2.24, 2.45) is 0 Å². The average Bonchev–Trinajstić information content (AvgIpc) is 2.12. The van der Waals surface area contributed by atoms with E-state index in [-0.39, 0.29) is 17.6 Å². The second-order valence-corrected chi connectivity index (χ2v) is 5.40. The van der Waals surface area contributed by atoms with Crippen molar-refractivity contribution in [1.29, 1.82) is 0 Å². The maximum atomic E-state index is 12.1. The summed E-state index contributed by atoms with van der Waals surface area (Å²) in [7, 11) is 0. The fourth-order valence-electron chi connectivity index (χ4n) is 1.83. The number of carbonyl (C=O) groups excluding carboxylic acids is 1. The van der Waals surface area contributed by atoms with Crippen LogP contribution in [0.15, 0.2) is 0 Å². The first-order valence-electron chi connectivity index (χ1n) is 5.43. The van der Waals surface area contributed by atoms with Gasteiger partial charge in [-0.15, -0.1) is 0 Å². The number of rotatable bonds is 8. The molecule has 0 saturated carbocycles. The molecule has 1 atom stereocenters. The van der Waals surface area contributed by atoms with Gasteiger partial charge in [0.15, 0.2) is 0 Å². The second-order valence-electron chi connectivity index (χ2n) is 5.40. The van der Waals surface area contributed by atoms with E-state index in [9.17, 15) is 9.18 Å². The second kappa shape index (κ2) is 6.15. The van der Waals surface area contributed by atoms with Crippen molar-refractivity contribution in [3.8, 4) is 0 Å². The van der Waals surface area contributed by atoms with Crippen LogP contribution >= 0.6 is 0 Å². The van der Waals surface area contributed by atoms with E-state index in [0.29, 0.717) is 12.8 Å². The minimum Gasteiger partial charge on any atom is -0.389 e. The van der Waals surface area contributed by atoms with Gasteiger partial charge in [-0.3, -0.25) is 4.79 Å². The first-order valence-corrected chi connectivity index (χ1v) is 5.43. The number of carbonyl (C=O) groups is 1. The van der Waals surface area contributed by atoms with Crippen molar-refractivity contribution >= 4 is 6.41 Å². The fraction of sp³-hybridized carbons (Fsp3) is 0.909. The van der Waals surface area contributed by atoms with E-state index in [0.717, 1.165) is 0 Å². The first-order chi connectivity index (χ1) is 7.22. The Balaban J connectivity index is 4.17. The molecular formula is C11H23FN2O2. The van der Waals surface area contributed by atoms with E-state index in [1.807, 2.05) is 27.7 Å². The number of aliphatic hydroxyl groups is 1. The zero-order valence-electron chi connectivity index (χ0n) is 10.5. The Morgan fingerprint density at radius 3 is 2.31 bits per heavy atom. The number of nitrogens with one attached hydrogen (secondary N) is 2. The normalized spacial score (nSPS) is 14.6. The van der Waals surface area contributed by atoms with E-state index in [1.165, 1.54) is 0 Å². The molecule has 0 rings (SSSR count). The first kappa shape index (κ1) is 15.3. The van der Waals surface area contributed by atoms with Gasteiger partial charge in [0.2, 0.25) is 6.41 Å². The molecule has 0 aliphatic carbocycles. The van der Waals surface area contributed by atoms with Crippen LogP contribution < -0.4 is 10.6 Å². The van der Waals surface area contributed by atoms with Gasteiger partial charge >= 0.3 is 0 Å². The number of halogens is 1. The van der Waals surface area contributed by atoms with Crippen molar-refractivity contribution in [2.75, 3.05) is 13.2 Å². The molecule has 0 aliphatic heterocycles. The highest BCUT2D eigenvalue weighted by Crippen LogP contribution is 2.19. The van der Waals surface area contributed by atoms with Crippen LogP contribution in [0.5, 0.6) is 0 Å². The Labute approximate surface area is 96.6 Å². The zero-order chi connectivity index (χ0) is 12.8. The molecule has 0 fully saturated rings. The predicted octanol–water partition coefficient (Wildman–Crippen LogP) is 0.600. The molecule has 0 heterocycles. The van der Waals surface area contributed by atoms with Crippen molar-refractivity contribution in [3.63, 3.8) is 0 Å². The standard InChI is InChI=1S/C11H23FN2O2/c1-10(2,13-6-9(16)5-12)7-11(3,4)14-8-15/h8-9,13,16H,5-7H2,1-4H3,(H,14,15). The molecule has 1 amide bonds. The van der Waals surface area contributed by atoms with Crippen LogP contribution in [-0.2, 0) is 4.79 Å². The van der Waals surface area contributed by atoms with Crippen LogP contribution in [0.3, 0.4) is 0 Å². The minimum atomic E-state index is -0.971. The van der Waals surface area contributed by atoms with E-state index < -0.39 is 12.8 Å². The van der Waals surface area contributed by atoms with Gasteiger partial charge in [-0.1, -0.05) is 0 Å². The van der Waals surface area contributed by atoms with Crippen LogP contribution in [0.4, 0.5) is 4.39 Å². The fourth-order valence-corrected chi connectivity index (χ4v) is 1.83. The Bertz CT molecular complexity index is 220. The quantitative estimate of drug-likeness (QED) is 0.539. The maximum Gasteiger partial charge on any atom is 0.207 e. The Hall–Kier alpha value is -0.680. The van der Waals surface area contributed by atoms with Crippen molar-refractivity contribution in [3.05, 3.63) is 0 Å². The molecule has 0 aromatic rings. The van der Waals surface area contributed by atoms with E-state index in [1.54, 1.807) is 0 Å². The molecule has 96 valence electrons. The number of hydrogen-bond donors (Lipinski definition) is 3. The molecule has 0 bridgehead atoms. The smallest absolute Gasteiger partial charge is 0.207 e. The summed E-state index contributed by atoms with van der Waals surface area (Å²) in [5.41, 5.74) is -0.616. The molecule has 5 heteroatoms. The summed E-state index contributed by atoms with van der Waals surface area (Å²) in [6, 6.07) is 0. The van der Waals surface area contributed by atoms with Crippen molar-refractivity contribution in [2.45, 2.75) is 51.3 Å². The lowest BCUT2D eigenvalue weighted by atomic mass is 9.87. The van der Waals surface area contributed by atoms with Gasteiger partial charge in [0, 0.05) is 17.6 Å². The summed E-state index contributed by atoms with van der Waals surface area (Å²) in [5.74, 6) is 0. The summed E-state index contributed by atoms with van der Waals surface area (Å²) in [6.45, 7) is 7.19. The summed E-state index contributed by atoms with van der Waals surface area (Å²) < 4.78 is 12.1. The number of amides is 1. The van der Waals surface area contributed by atoms with Crippen molar-refractivity contribution < 1.29 is 14.3 Å². The number of aliphatic hydroxyl groups excluding tert-OH is 1. The molecule has 3 N–H and O–H groups in total. The van der Waals surface area contributed by atoms with Gasteiger partial charge in [-0.2, -0.15) is 0 Å². The lowest BCUT2D eigenvalue weighted by Gasteiger charge is -2.35. The lowest BCUT2D eigenvalue weighted by Crippen LogP contribution is -2.52. The van der Waals surface area contributed by atoms with E-state index in [4.69, 9.17) is 5.11 Å². The van der Waals surface area contributed by atoms with Gasteiger partial charge in [-0.05, 0) is 34.1 Å². The molecule has 0 spiro atoms. The third-order valence-corrected chi connectivity index (χ3v) is 2.33. The Morgan fingerprint density at radius 2 is 1.88 bits per heavy atom. The average molecular weight is 234 g/mol. The highest BCUT2D eigenvalue weighted by Gasteiger charge is 2.28. The Morgan fingerprint density at radius 1 is 1.31 bits per heavy atom. The minimum absolute atomic E-state index is 0.209. The highest BCUT2D eigenvalue weighted by molar-refractivity contribution is 5.47. The molecule has 4 nitrogen and oxygen atoms in total. The number of alkyl halides is 1. The SMILES string of the molecule is CC(C)(CC(C)(C)NCC(O)CF)NC=O. The molecule has 0 radical (unpaired) electrons. The van der Waals surface area contributed by atoms with Gasteiger partial charge in [-0.25, -0.2) is 4.39 Å². The monoisotopic (exact) mass is 234 g/mol. The summed E-state index contributed by atoms with van der Waals surface area (Å²) in [5, 5.41) is 14.9. The highest BCUT2D eigenvalue weighted by atomic mass is 19.1. The number of β-amino-alcohol motifs (C(OH)–C–C–N with tert-alkyl or cyclic N) is 1. The lowest BCUT2D eigenvalue weighted by molar-refractivity contribution is -0.111. The third kappa shape index (κ3) is 6.74. The van der Waals surface area contributed by atoms with Crippen LogP contribution in [-0.4, -0.2) is 41.9 Å². The molecule has 1 unspecified atom stereocenters. The van der Waals surface area contributed by atoms with Gasteiger partial charge < -0.3 is 15.7 Å². The van der Waals surface area contributed by atoms with Gasteiger partial charge in [0.25, 0.3) is 0 Å². The van der Waals surface area contributed by atoms with Crippen LogP contribution in [0.25, 0.3) is 0 Å².